The molecule has 0 bridgehead atoms. The number of ether oxygens (including phenoxy) is 1. The summed E-state index contributed by atoms with van der Waals surface area (Å²) in [7, 11) is 0. The number of thiazole rings is 1. The smallest absolute Gasteiger partial charge is 0.308 e. The molecule has 2 aromatic rings. The van der Waals surface area contributed by atoms with Crippen molar-refractivity contribution in [3.8, 4) is 0 Å². The van der Waals surface area contributed by atoms with Crippen molar-refractivity contribution in [1.29, 1.82) is 0 Å². The number of morpholine rings is 1. The van der Waals surface area contributed by atoms with Crippen LogP contribution in [-0.2, 0) is 25.7 Å². The summed E-state index contributed by atoms with van der Waals surface area (Å²) >= 11 is 3.80. The summed E-state index contributed by atoms with van der Waals surface area (Å²) in [5, 5.41) is 4.39. The number of carbonyl (C=O) groups excluding carboxylic acids is 3. The van der Waals surface area contributed by atoms with Gasteiger partial charge in [0, 0.05) is 28.8 Å². The number of thiophene rings is 1. The largest absolute Gasteiger partial charge is 0.378 e. The first kappa shape index (κ1) is 19.0. The Morgan fingerprint density at radius 1 is 1.21 bits per heavy atom. The van der Waals surface area contributed by atoms with Gasteiger partial charge in [-0.05, 0) is 11.4 Å². The quantitative estimate of drug-likeness (QED) is 0.691. The maximum absolute atomic E-state index is 12.8. The standard InChI is InChI=1S/C18H17N3O5S3/c22-10(20-3-5-26-6-4-20)8-21-17-14(29-18(21)25)11(9-2-1-7-27-9)12-13(28-17)16(24)19-15(12)23/h1-2,7,11-13H,3-6,8H2,(H,19,23,24)/t11-,12+,13-/m0/s1. The number of amides is 3. The molecule has 0 aliphatic carbocycles. The average Bonchev–Trinajstić information content (AvgIpc) is 3.42. The van der Waals surface area contributed by atoms with Crippen LogP contribution in [0.2, 0.25) is 0 Å². The lowest BCUT2D eigenvalue weighted by Gasteiger charge is -2.30. The Hall–Kier alpha value is -1.95. The van der Waals surface area contributed by atoms with E-state index in [2.05, 4.69) is 5.32 Å². The van der Waals surface area contributed by atoms with E-state index in [4.69, 9.17) is 4.74 Å². The second-order valence-electron chi connectivity index (χ2n) is 7.03. The van der Waals surface area contributed by atoms with Gasteiger partial charge in [-0.15, -0.1) is 11.3 Å². The Balaban J connectivity index is 1.55. The van der Waals surface area contributed by atoms with Gasteiger partial charge >= 0.3 is 4.87 Å². The van der Waals surface area contributed by atoms with Crippen LogP contribution in [0.25, 0.3) is 0 Å². The Morgan fingerprint density at radius 2 is 2.00 bits per heavy atom. The van der Waals surface area contributed by atoms with E-state index >= 15 is 0 Å². The van der Waals surface area contributed by atoms with Crippen molar-refractivity contribution in [2.45, 2.75) is 22.7 Å². The van der Waals surface area contributed by atoms with Crippen LogP contribution in [0, 0.1) is 5.92 Å². The molecule has 0 spiro atoms. The highest BCUT2D eigenvalue weighted by molar-refractivity contribution is 8.00. The Kier molecular flexibility index (Phi) is 4.85. The predicted molar refractivity (Wildman–Crippen MR) is 108 cm³/mol. The molecule has 0 aromatic carbocycles. The summed E-state index contributed by atoms with van der Waals surface area (Å²) in [6, 6.07) is 3.82. The molecule has 2 saturated heterocycles. The SMILES string of the molecule is O=C1NC(=O)[C@H]2Sc3c(sc(=O)n3CC(=O)N3CCOCC3)[C@@H](c3cccs3)[C@@H]12. The van der Waals surface area contributed by atoms with Crippen LogP contribution in [-0.4, -0.2) is 58.7 Å². The number of hydrogen-bond donors (Lipinski definition) is 1. The number of aromatic nitrogens is 1. The molecule has 5 heterocycles. The van der Waals surface area contributed by atoms with E-state index in [1.54, 1.807) is 4.90 Å². The van der Waals surface area contributed by atoms with Crippen LogP contribution in [0.1, 0.15) is 15.7 Å². The van der Waals surface area contributed by atoms with Gasteiger partial charge < -0.3 is 9.64 Å². The van der Waals surface area contributed by atoms with Gasteiger partial charge in [0.2, 0.25) is 17.7 Å². The normalized spacial score (nSPS) is 26.2. The van der Waals surface area contributed by atoms with E-state index in [1.807, 2.05) is 17.5 Å². The number of nitrogens with zero attached hydrogens (tertiary/aromatic N) is 2. The van der Waals surface area contributed by atoms with Crippen molar-refractivity contribution in [2.75, 3.05) is 26.3 Å². The maximum atomic E-state index is 12.8. The lowest BCUT2D eigenvalue weighted by molar-refractivity contribution is -0.136. The zero-order valence-corrected chi connectivity index (χ0v) is 17.6. The fourth-order valence-corrected chi connectivity index (χ4v) is 7.69. The van der Waals surface area contributed by atoms with Crippen LogP contribution in [0.3, 0.4) is 0 Å². The minimum Gasteiger partial charge on any atom is -0.378 e. The van der Waals surface area contributed by atoms with Crippen LogP contribution < -0.4 is 10.2 Å². The molecule has 3 aliphatic rings. The van der Waals surface area contributed by atoms with E-state index in [0.717, 1.165) is 21.1 Å². The summed E-state index contributed by atoms with van der Waals surface area (Å²) in [4.78, 5) is 53.6. The summed E-state index contributed by atoms with van der Waals surface area (Å²) in [6.07, 6.45) is 0. The van der Waals surface area contributed by atoms with Gasteiger partial charge in [-0.1, -0.05) is 29.2 Å². The van der Waals surface area contributed by atoms with E-state index in [0.29, 0.717) is 31.3 Å². The first-order valence-electron chi connectivity index (χ1n) is 9.18. The number of thioether (sulfide) groups is 1. The van der Waals surface area contributed by atoms with Crippen molar-refractivity contribution in [2.24, 2.45) is 5.92 Å². The molecular weight excluding hydrogens is 434 g/mol. The lowest BCUT2D eigenvalue weighted by atomic mass is 9.87. The Bertz CT molecular complexity index is 1040. The molecule has 0 radical (unpaired) electrons. The average molecular weight is 452 g/mol. The molecule has 3 atom stereocenters. The maximum Gasteiger partial charge on any atom is 0.308 e. The molecule has 3 amide bonds. The van der Waals surface area contributed by atoms with E-state index in [9.17, 15) is 19.2 Å². The van der Waals surface area contributed by atoms with E-state index in [1.165, 1.54) is 27.7 Å². The molecule has 1 N–H and O–H groups in total. The fourth-order valence-electron chi connectivity index (χ4n) is 4.00. The fraction of sp³-hybridized carbons (Fsp3) is 0.444. The molecule has 3 aliphatic heterocycles. The molecule has 29 heavy (non-hydrogen) atoms. The number of rotatable bonds is 3. The first-order valence-corrected chi connectivity index (χ1v) is 11.8. The van der Waals surface area contributed by atoms with Gasteiger partial charge in [-0.2, -0.15) is 0 Å². The highest BCUT2D eigenvalue weighted by Gasteiger charge is 2.53. The van der Waals surface area contributed by atoms with Gasteiger partial charge in [0.25, 0.3) is 0 Å². The third kappa shape index (κ3) is 3.16. The number of hydrogen-bond acceptors (Lipinski definition) is 8. The molecule has 152 valence electrons. The van der Waals surface area contributed by atoms with Gasteiger partial charge in [-0.3, -0.25) is 29.1 Å². The van der Waals surface area contributed by atoms with Crippen molar-refractivity contribution in [1.82, 2.24) is 14.8 Å². The van der Waals surface area contributed by atoms with Crippen molar-refractivity contribution in [3.63, 3.8) is 0 Å². The van der Waals surface area contributed by atoms with Crippen molar-refractivity contribution in [3.05, 3.63) is 36.9 Å². The predicted octanol–water partition coefficient (Wildman–Crippen LogP) is 0.709. The minimum absolute atomic E-state index is 0.0677. The van der Waals surface area contributed by atoms with Gasteiger partial charge in [0.15, 0.2) is 0 Å². The number of fused-ring (bicyclic) bond motifs is 2. The second kappa shape index (κ2) is 7.38. The Labute approximate surface area is 177 Å². The highest BCUT2D eigenvalue weighted by Crippen LogP contribution is 2.52. The first-order chi connectivity index (χ1) is 14.0. The molecule has 11 heteroatoms. The third-order valence-corrected chi connectivity index (χ3v) is 8.97. The van der Waals surface area contributed by atoms with E-state index < -0.39 is 11.2 Å². The highest BCUT2D eigenvalue weighted by atomic mass is 32.2. The molecule has 2 aromatic heterocycles. The number of imide groups is 1. The topological polar surface area (TPSA) is 97.7 Å². The van der Waals surface area contributed by atoms with Crippen LogP contribution in [0.4, 0.5) is 0 Å². The Morgan fingerprint density at radius 3 is 2.72 bits per heavy atom. The molecule has 5 rings (SSSR count). The molecular formula is C18H17N3O5S3. The minimum atomic E-state index is -0.596. The van der Waals surface area contributed by atoms with Crippen LogP contribution >= 0.6 is 34.4 Å². The molecule has 8 nitrogen and oxygen atoms in total. The van der Waals surface area contributed by atoms with E-state index in [-0.39, 0.29) is 35.1 Å². The number of carbonyl (C=O) groups is 3. The zero-order chi connectivity index (χ0) is 20.1. The van der Waals surface area contributed by atoms with Gasteiger partial charge in [0.1, 0.15) is 11.8 Å². The van der Waals surface area contributed by atoms with Crippen LogP contribution in [0.15, 0.2) is 27.3 Å². The second-order valence-corrected chi connectivity index (χ2v) is 10.1. The molecule has 0 unspecified atom stereocenters. The molecule has 0 saturated carbocycles. The zero-order valence-electron chi connectivity index (χ0n) is 15.2. The summed E-state index contributed by atoms with van der Waals surface area (Å²) in [6.45, 7) is 1.92. The lowest BCUT2D eigenvalue weighted by Crippen LogP contribution is -2.43. The summed E-state index contributed by atoms with van der Waals surface area (Å²) in [5.74, 6) is -1.66. The summed E-state index contributed by atoms with van der Waals surface area (Å²) in [5.41, 5.74) is 0. The monoisotopic (exact) mass is 451 g/mol. The van der Waals surface area contributed by atoms with Crippen LogP contribution in [0.5, 0.6) is 0 Å². The number of nitrogens with one attached hydrogen (secondary N) is 1. The van der Waals surface area contributed by atoms with Gasteiger partial charge in [-0.25, -0.2) is 0 Å². The molecule has 2 fully saturated rings. The van der Waals surface area contributed by atoms with Gasteiger partial charge in [0.05, 0.1) is 24.2 Å². The van der Waals surface area contributed by atoms with Crippen molar-refractivity contribution >= 4 is 52.2 Å². The third-order valence-electron chi connectivity index (χ3n) is 5.39. The summed E-state index contributed by atoms with van der Waals surface area (Å²) < 4.78 is 6.75. The van der Waals surface area contributed by atoms with Crippen molar-refractivity contribution < 1.29 is 19.1 Å².